The van der Waals surface area contributed by atoms with Gasteiger partial charge in [0.2, 0.25) is 0 Å². The number of thioether (sulfide) groups is 1. The van der Waals surface area contributed by atoms with Crippen LogP contribution < -0.4 is 0 Å². The molecule has 1 aromatic carbocycles. The Balaban J connectivity index is 1.83. The molecule has 26 heavy (non-hydrogen) atoms. The van der Waals surface area contributed by atoms with E-state index in [0.717, 1.165) is 37.4 Å². The number of phenols is 1. The van der Waals surface area contributed by atoms with Crippen LogP contribution >= 0.6 is 11.8 Å². The van der Waals surface area contributed by atoms with Crippen molar-refractivity contribution in [2.45, 2.75) is 45.1 Å². The van der Waals surface area contributed by atoms with Gasteiger partial charge in [0.1, 0.15) is 0 Å². The Morgan fingerprint density at radius 1 is 1.31 bits per heavy atom. The summed E-state index contributed by atoms with van der Waals surface area (Å²) in [5.41, 5.74) is -0.0427. The molecule has 2 fully saturated rings. The standard InChI is InChI=1S/C18H20N2O5S/c1-11(13-5-3-2-4-6-13)19-17(22)16(26-18(19)23)10-12-7-8-15(21)14(9-12)20(24)25/h7-11,13,21H,2-6H2,1H3/b16-10-. The van der Waals surface area contributed by atoms with Gasteiger partial charge in [-0.05, 0) is 55.2 Å². The number of imide groups is 1. The summed E-state index contributed by atoms with van der Waals surface area (Å²) in [5, 5.41) is 20.2. The zero-order valence-electron chi connectivity index (χ0n) is 14.4. The summed E-state index contributed by atoms with van der Waals surface area (Å²) in [5.74, 6) is -0.466. The first-order valence-corrected chi connectivity index (χ1v) is 9.44. The summed E-state index contributed by atoms with van der Waals surface area (Å²) in [6.45, 7) is 1.92. The smallest absolute Gasteiger partial charge is 0.311 e. The van der Waals surface area contributed by atoms with E-state index in [9.17, 15) is 24.8 Å². The SMILES string of the molecule is CC(C1CCCCC1)N1C(=O)S/C(=C\c2ccc(O)c([N+](=O)[O-])c2)C1=O. The number of carbonyl (C=O) groups is 2. The number of nitrogens with zero attached hydrogens (tertiary/aromatic N) is 2. The minimum absolute atomic E-state index is 0.150. The molecule has 2 aliphatic rings. The minimum atomic E-state index is -0.691. The highest BCUT2D eigenvalue weighted by Gasteiger charge is 2.40. The first kappa shape index (κ1) is 18.4. The molecule has 1 N–H and O–H groups in total. The molecular weight excluding hydrogens is 356 g/mol. The molecule has 1 aromatic rings. The molecule has 0 radical (unpaired) electrons. The van der Waals surface area contributed by atoms with Gasteiger partial charge in [0, 0.05) is 12.1 Å². The van der Waals surface area contributed by atoms with Gasteiger partial charge in [-0.3, -0.25) is 24.6 Å². The Morgan fingerprint density at radius 3 is 2.65 bits per heavy atom. The van der Waals surface area contributed by atoms with Gasteiger partial charge >= 0.3 is 5.69 Å². The third-order valence-corrected chi connectivity index (χ3v) is 5.94. The largest absolute Gasteiger partial charge is 0.502 e. The van der Waals surface area contributed by atoms with E-state index in [1.165, 1.54) is 35.6 Å². The highest BCUT2D eigenvalue weighted by atomic mass is 32.2. The second kappa shape index (κ2) is 7.49. The number of hydrogen-bond acceptors (Lipinski definition) is 6. The third kappa shape index (κ3) is 3.60. The van der Waals surface area contributed by atoms with Crippen molar-refractivity contribution >= 4 is 34.7 Å². The molecule has 138 valence electrons. The van der Waals surface area contributed by atoms with Gasteiger partial charge in [-0.1, -0.05) is 25.3 Å². The number of hydrogen-bond donors (Lipinski definition) is 1. The molecule has 0 spiro atoms. The van der Waals surface area contributed by atoms with Crippen molar-refractivity contribution in [2.24, 2.45) is 5.92 Å². The van der Waals surface area contributed by atoms with Crippen LogP contribution in [0.3, 0.4) is 0 Å². The lowest BCUT2D eigenvalue weighted by Gasteiger charge is -2.32. The van der Waals surface area contributed by atoms with E-state index in [1.54, 1.807) is 0 Å². The number of carbonyl (C=O) groups excluding carboxylic acids is 2. The first-order chi connectivity index (χ1) is 12.4. The van der Waals surface area contributed by atoms with E-state index < -0.39 is 16.4 Å². The van der Waals surface area contributed by atoms with E-state index in [0.29, 0.717) is 11.5 Å². The number of aromatic hydroxyl groups is 1. The average Bonchev–Trinajstić information content (AvgIpc) is 2.90. The van der Waals surface area contributed by atoms with Crippen LogP contribution in [0.25, 0.3) is 6.08 Å². The number of phenolic OH excluding ortho intramolecular Hbond substituents is 1. The minimum Gasteiger partial charge on any atom is -0.502 e. The molecule has 1 atom stereocenters. The molecule has 0 bridgehead atoms. The van der Waals surface area contributed by atoms with Crippen molar-refractivity contribution in [2.75, 3.05) is 0 Å². The van der Waals surface area contributed by atoms with Crippen LogP contribution in [-0.4, -0.2) is 32.1 Å². The van der Waals surface area contributed by atoms with Crippen LogP contribution in [0.15, 0.2) is 23.1 Å². The number of benzene rings is 1. The fourth-order valence-electron chi connectivity index (χ4n) is 3.59. The molecule has 1 aliphatic heterocycles. The molecule has 7 nitrogen and oxygen atoms in total. The summed E-state index contributed by atoms with van der Waals surface area (Å²) in [6.07, 6.45) is 6.95. The molecule has 3 rings (SSSR count). The Bertz CT molecular complexity index is 786. The van der Waals surface area contributed by atoms with Crippen LogP contribution in [0.4, 0.5) is 10.5 Å². The van der Waals surface area contributed by atoms with E-state index >= 15 is 0 Å². The Hall–Kier alpha value is -2.35. The van der Waals surface area contributed by atoms with Gasteiger partial charge in [0.25, 0.3) is 11.1 Å². The number of nitro groups is 1. The summed E-state index contributed by atoms with van der Waals surface area (Å²) in [4.78, 5) is 36.9. The van der Waals surface area contributed by atoms with E-state index in [4.69, 9.17) is 0 Å². The average molecular weight is 376 g/mol. The lowest BCUT2D eigenvalue weighted by atomic mass is 9.84. The zero-order chi connectivity index (χ0) is 18.8. The summed E-state index contributed by atoms with van der Waals surface area (Å²) in [6, 6.07) is 3.72. The number of amides is 2. The second-order valence-electron chi connectivity index (χ2n) is 6.70. The number of rotatable bonds is 4. The van der Waals surface area contributed by atoms with Crippen LogP contribution in [-0.2, 0) is 4.79 Å². The Labute approximate surface area is 155 Å². The molecule has 1 heterocycles. The van der Waals surface area contributed by atoms with E-state index in [-0.39, 0.29) is 22.1 Å². The zero-order valence-corrected chi connectivity index (χ0v) is 15.2. The van der Waals surface area contributed by atoms with Gasteiger partial charge in [-0.15, -0.1) is 0 Å². The molecule has 2 amide bonds. The molecule has 8 heteroatoms. The number of nitro benzene ring substituents is 1. The highest BCUT2D eigenvalue weighted by Crippen LogP contribution is 2.38. The fraction of sp³-hybridized carbons (Fsp3) is 0.444. The van der Waals surface area contributed by atoms with Gasteiger partial charge < -0.3 is 5.11 Å². The van der Waals surface area contributed by atoms with Gasteiger partial charge in [0.05, 0.1) is 9.83 Å². The Morgan fingerprint density at radius 2 is 2.00 bits per heavy atom. The Kier molecular flexibility index (Phi) is 5.31. The van der Waals surface area contributed by atoms with Crippen LogP contribution in [0.2, 0.25) is 0 Å². The molecule has 1 saturated carbocycles. The van der Waals surface area contributed by atoms with Crippen molar-refractivity contribution in [3.05, 3.63) is 38.8 Å². The second-order valence-corrected chi connectivity index (χ2v) is 7.69. The summed E-state index contributed by atoms with van der Waals surface area (Å²) < 4.78 is 0. The summed E-state index contributed by atoms with van der Waals surface area (Å²) >= 11 is 0.854. The molecule has 1 unspecified atom stereocenters. The maximum atomic E-state index is 12.7. The third-order valence-electron chi connectivity index (χ3n) is 5.06. The van der Waals surface area contributed by atoms with E-state index in [1.807, 2.05) is 6.92 Å². The molecule has 0 aromatic heterocycles. The van der Waals surface area contributed by atoms with Crippen LogP contribution in [0, 0.1) is 16.0 Å². The van der Waals surface area contributed by atoms with Gasteiger partial charge in [-0.25, -0.2) is 0 Å². The first-order valence-electron chi connectivity index (χ1n) is 8.63. The van der Waals surface area contributed by atoms with Crippen molar-refractivity contribution in [1.29, 1.82) is 0 Å². The van der Waals surface area contributed by atoms with Crippen molar-refractivity contribution in [1.82, 2.24) is 4.90 Å². The quantitative estimate of drug-likeness (QED) is 0.477. The normalized spacial score (nSPS) is 21.4. The van der Waals surface area contributed by atoms with Crippen LogP contribution in [0.5, 0.6) is 5.75 Å². The van der Waals surface area contributed by atoms with Crippen molar-refractivity contribution in [3.8, 4) is 5.75 Å². The van der Waals surface area contributed by atoms with Crippen molar-refractivity contribution < 1.29 is 19.6 Å². The van der Waals surface area contributed by atoms with Crippen LogP contribution in [0.1, 0.15) is 44.6 Å². The fourth-order valence-corrected chi connectivity index (χ4v) is 4.50. The molecule has 1 saturated heterocycles. The lowest BCUT2D eigenvalue weighted by molar-refractivity contribution is -0.385. The topological polar surface area (TPSA) is 101 Å². The highest BCUT2D eigenvalue weighted by molar-refractivity contribution is 8.18. The monoisotopic (exact) mass is 376 g/mol. The van der Waals surface area contributed by atoms with E-state index in [2.05, 4.69) is 0 Å². The van der Waals surface area contributed by atoms with Gasteiger partial charge in [0.15, 0.2) is 5.75 Å². The van der Waals surface area contributed by atoms with Gasteiger partial charge in [-0.2, -0.15) is 0 Å². The predicted octanol–water partition coefficient (Wildman–Crippen LogP) is 4.31. The maximum absolute atomic E-state index is 12.7. The molecular formula is C18H20N2O5S. The molecule has 1 aliphatic carbocycles. The lowest BCUT2D eigenvalue weighted by Crippen LogP contribution is -2.42. The maximum Gasteiger partial charge on any atom is 0.311 e. The summed E-state index contributed by atoms with van der Waals surface area (Å²) in [7, 11) is 0. The predicted molar refractivity (Wildman–Crippen MR) is 98.6 cm³/mol. The van der Waals surface area contributed by atoms with Crippen molar-refractivity contribution in [3.63, 3.8) is 0 Å².